The van der Waals surface area contributed by atoms with Crippen LogP contribution < -0.4 is 4.74 Å². The van der Waals surface area contributed by atoms with E-state index in [1.165, 1.54) is 0 Å². The zero-order valence-corrected chi connectivity index (χ0v) is 12.8. The molecule has 0 unspecified atom stereocenters. The van der Waals surface area contributed by atoms with Gasteiger partial charge in [0.05, 0.1) is 13.2 Å². The molecule has 1 fully saturated rings. The highest BCUT2D eigenvalue weighted by atomic mass is 35.5. The highest BCUT2D eigenvalue weighted by Gasteiger charge is 2.17. The summed E-state index contributed by atoms with van der Waals surface area (Å²) in [5.74, 6) is 0.0884. The third-order valence-electron chi connectivity index (χ3n) is 3.52. The third-order valence-corrected chi connectivity index (χ3v) is 3.78. The molecule has 1 saturated heterocycles. The molecule has 1 aromatic rings. The summed E-state index contributed by atoms with van der Waals surface area (Å²) >= 11 is 5.81. The Labute approximate surface area is 130 Å². The van der Waals surface area contributed by atoms with Crippen LogP contribution in [0.1, 0.15) is 6.42 Å². The molecule has 1 aliphatic heterocycles. The molecule has 6 heteroatoms. The molecule has 116 valence electrons. The lowest BCUT2D eigenvalue weighted by Gasteiger charge is -2.33. The smallest absolute Gasteiger partial charge is 0.317 e. The van der Waals surface area contributed by atoms with Crippen molar-refractivity contribution in [2.45, 2.75) is 6.42 Å². The minimum atomic E-state index is -0.750. The summed E-state index contributed by atoms with van der Waals surface area (Å²) < 4.78 is 5.65. The molecule has 0 spiro atoms. The molecule has 1 aliphatic rings. The van der Waals surface area contributed by atoms with Crippen molar-refractivity contribution in [3.05, 3.63) is 29.3 Å². The number of carboxylic acid groups (broad SMARTS) is 1. The van der Waals surface area contributed by atoms with E-state index in [1.54, 1.807) is 0 Å². The maximum atomic E-state index is 10.6. The lowest BCUT2D eigenvalue weighted by molar-refractivity contribution is -0.138. The van der Waals surface area contributed by atoms with Crippen LogP contribution in [0.15, 0.2) is 24.3 Å². The van der Waals surface area contributed by atoms with Crippen molar-refractivity contribution in [2.75, 3.05) is 45.9 Å². The Hall–Kier alpha value is -1.30. The number of carboxylic acids is 1. The van der Waals surface area contributed by atoms with Crippen molar-refractivity contribution in [3.63, 3.8) is 0 Å². The molecule has 0 saturated carbocycles. The zero-order chi connectivity index (χ0) is 15.1. The number of hydrogen-bond acceptors (Lipinski definition) is 4. The van der Waals surface area contributed by atoms with E-state index >= 15 is 0 Å². The van der Waals surface area contributed by atoms with Gasteiger partial charge < -0.3 is 14.7 Å². The van der Waals surface area contributed by atoms with E-state index in [9.17, 15) is 4.79 Å². The predicted molar refractivity (Wildman–Crippen MR) is 82.1 cm³/mol. The topological polar surface area (TPSA) is 53.0 Å². The van der Waals surface area contributed by atoms with Gasteiger partial charge in [0.15, 0.2) is 0 Å². The number of carbonyl (C=O) groups is 1. The van der Waals surface area contributed by atoms with Gasteiger partial charge in [-0.1, -0.05) is 11.6 Å². The lowest BCUT2D eigenvalue weighted by Crippen LogP contribution is -2.48. The van der Waals surface area contributed by atoms with E-state index in [2.05, 4.69) is 4.90 Å². The number of aliphatic carboxylic acids is 1. The van der Waals surface area contributed by atoms with Crippen LogP contribution in [0.4, 0.5) is 0 Å². The van der Waals surface area contributed by atoms with E-state index in [-0.39, 0.29) is 6.54 Å². The van der Waals surface area contributed by atoms with Gasteiger partial charge >= 0.3 is 5.97 Å². The SMILES string of the molecule is O=C(O)CN1CCN(CCCOc2ccc(Cl)cc2)CC1. The number of halogens is 1. The molecule has 1 N–H and O–H groups in total. The van der Waals surface area contributed by atoms with Crippen molar-refractivity contribution >= 4 is 17.6 Å². The molecule has 0 amide bonds. The van der Waals surface area contributed by atoms with Crippen molar-refractivity contribution in [1.29, 1.82) is 0 Å². The van der Waals surface area contributed by atoms with Crippen molar-refractivity contribution in [3.8, 4) is 5.75 Å². The molecule has 21 heavy (non-hydrogen) atoms. The largest absolute Gasteiger partial charge is 0.494 e. The summed E-state index contributed by atoms with van der Waals surface area (Å²) in [6, 6.07) is 7.37. The average molecular weight is 313 g/mol. The standard InChI is InChI=1S/C15H21ClN2O3/c16-13-2-4-14(5-3-13)21-11-1-6-17-7-9-18(10-8-17)12-15(19)20/h2-5H,1,6-12H2,(H,19,20). The van der Waals surface area contributed by atoms with Crippen LogP contribution in [0.25, 0.3) is 0 Å². The summed E-state index contributed by atoms with van der Waals surface area (Å²) in [6.45, 7) is 5.30. The molecule has 0 atom stereocenters. The summed E-state index contributed by atoms with van der Waals surface area (Å²) in [5.41, 5.74) is 0. The normalized spacial score (nSPS) is 16.8. The molecule has 1 heterocycles. The van der Waals surface area contributed by atoms with E-state index in [1.807, 2.05) is 29.2 Å². The number of ether oxygens (including phenoxy) is 1. The monoisotopic (exact) mass is 312 g/mol. The first kappa shape index (κ1) is 16.1. The molecule has 0 bridgehead atoms. The highest BCUT2D eigenvalue weighted by molar-refractivity contribution is 6.30. The summed E-state index contributed by atoms with van der Waals surface area (Å²) in [6.07, 6.45) is 0.960. The van der Waals surface area contributed by atoms with Crippen molar-refractivity contribution in [2.24, 2.45) is 0 Å². The molecule has 1 aromatic carbocycles. The first-order chi connectivity index (χ1) is 10.1. The van der Waals surface area contributed by atoms with Gasteiger partial charge in [0, 0.05) is 37.7 Å². The van der Waals surface area contributed by atoms with Crippen LogP contribution in [0.5, 0.6) is 5.75 Å². The second-order valence-electron chi connectivity index (χ2n) is 5.17. The summed E-state index contributed by atoms with van der Waals surface area (Å²) in [5, 5.41) is 9.46. The Bertz CT molecular complexity index is 445. The van der Waals surface area contributed by atoms with E-state index < -0.39 is 5.97 Å². The minimum Gasteiger partial charge on any atom is -0.494 e. The van der Waals surface area contributed by atoms with Gasteiger partial charge in [-0.05, 0) is 30.7 Å². The second kappa shape index (κ2) is 8.22. The summed E-state index contributed by atoms with van der Waals surface area (Å²) in [7, 11) is 0. The van der Waals surface area contributed by atoms with Crippen LogP contribution in [0, 0.1) is 0 Å². The Morgan fingerprint density at radius 1 is 1.14 bits per heavy atom. The van der Waals surface area contributed by atoms with Gasteiger partial charge in [0.2, 0.25) is 0 Å². The Kier molecular flexibility index (Phi) is 6.29. The fraction of sp³-hybridized carbons (Fsp3) is 0.533. The Balaban J connectivity index is 1.57. The number of hydrogen-bond donors (Lipinski definition) is 1. The maximum absolute atomic E-state index is 10.6. The van der Waals surface area contributed by atoms with E-state index in [4.69, 9.17) is 21.4 Å². The van der Waals surface area contributed by atoms with Crippen LogP contribution in [-0.2, 0) is 4.79 Å². The number of piperazine rings is 1. The number of rotatable bonds is 7. The quantitative estimate of drug-likeness (QED) is 0.778. The van der Waals surface area contributed by atoms with Crippen LogP contribution in [0.3, 0.4) is 0 Å². The van der Waals surface area contributed by atoms with Gasteiger partial charge in [-0.2, -0.15) is 0 Å². The van der Waals surface area contributed by atoms with Gasteiger partial charge in [-0.25, -0.2) is 0 Å². The average Bonchev–Trinajstić information content (AvgIpc) is 2.46. The first-order valence-corrected chi connectivity index (χ1v) is 7.56. The minimum absolute atomic E-state index is 0.146. The fourth-order valence-electron chi connectivity index (χ4n) is 2.37. The van der Waals surface area contributed by atoms with Crippen LogP contribution in [0.2, 0.25) is 5.02 Å². The van der Waals surface area contributed by atoms with Crippen molar-refractivity contribution < 1.29 is 14.6 Å². The van der Waals surface area contributed by atoms with Gasteiger partial charge in [0.25, 0.3) is 0 Å². The highest BCUT2D eigenvalue weighted by Crippen LogP contribution is 2.15. The van der Waals surface area contributed by atoms with Gasteiger partial charge in [-0.15, -0.1) is 0 Å². The Morgan fingerprint density at radius 2 is 1.76 bits per heavy atom. The van der Waals surface area contributed by atoms with Crippen LogP contribution >= 0.6 is 11.6 Å². The number of benzene rings is 1. The van der Waals surface area contributed by atoms with E-state index in [0.717, 1.165) is 44.9 Å². The number of nitrogens with zero attached hydrogens (tertiary/aromatic N) is 2. The van der Waals surface area contributed by atoms with Gasteiger partial charge in [-0.3, -0.25) is 9.69 Å². The van der Waals surface area contributed by atoms with Crippen LogP contribution in [-0.4, -0.2) is 66.8 Å². The molecule has 0 aliphatic carbocycles. The molecule has 0 aromatic heterocycles. The third kappa shape index (κ3) is 5.91. The molecular formula is C15H21ClN2O3. The first-order valence-electron chi connectivity index (χ1n) is 7.18. The molecule has 2 rings (SSSR count). The van der Waals surface area contributed by atoms with Crippen molar-refractivity contribution in [1.82, 2.24) is 9.80 Å². The second-order valence-corrected chi connectivity index (χ2v) is 5.60. The van der Waals surface area contributed by atoms with Gasteiger partial charge in [0.1, 0.15) is 5.75 Å². The molecule has 0 radical (unpaired) electrons. The Morgan fingerprint density at radius 3 is 2.38 bits per heavy atom. The fourth-order valence-corrected chi connectivity index (χ4v) is 2.50. The zero-order valence-electron chi connectivity index (χ0n) is 12.0. The molecular weight excluding hydrogens is 292 g/mol. The lowest BCUT2D eigenvalue weighted by atomic mass is 10.3. The molecule has 5 nitrogen and oxygen atoms in total. The van der Waals surface area contributed by atoms with E-state index in [0.29, 0.717) is 11.6 Å². The maximum Gasteiger partial charge on any atom is 0.317 e. The summed E-state index contributed by atoms with van der Waals surface area (Å²) in [4.78, 5) is 15.0. The predicted octanol–water partition coefficient (Wildman–Crippen LogP) is 1.81.